The lowest BCUT2D eigenvalue weighted by atomic mass is 9.83. The molecule has 4 rings (SSSR count). The number of hydrogen-bond donors (Lipinski definition) is 1. The lowest BCUT2D eigenvalue weighted by Crippen LogP contribution is -2.27. The van der Waals surface area contributed by atoms with Crippen LogP contribution in [0.25, 0.3) is 11.1 Å². The number of ether oxygens (including phenoxy) is 2. The van der Waals surface area contributed by atoms with Gasteiger partial charge in [-0.05, 0) is 53.1 Å². The number of carbonyl (C=O) groups excluding carboxylic acids is 1. The van der Waals surface area contributed by atoms with E-state index in [2.05, 4.69) is 15.3 Å². The van der Waals surface area contributed by atoms with Crippen molar-refractivity contribution in [2.24, 2.45) is 4.99 Å². The lowest BCUT2D eigenvalue weighted by molar-refractivity contribution is -0.132. The van der Waals surface area contributed by atoms with Gasteiger partial charge in [0.25, 0.3) is 0 Å². The van der Waals surface area contributed by atoms with Crippen LogP contribution in [-0.2, 0) is 19.9 Å². The van der Waals surface area contributed by atoms with Crippen LogP contribution in [0.2, 0.25) is 5.02 Å². The summed E-state index contributed by atoms with van der Waals surface area (Å²) in [6.45, 7) is 0.382. The fourth-order valence-electron chi connectivity index (χ4n) is 3.53. The van der Waals surface area contributed by atoms with Crippen LogP contribution in [0, 0.1) is 5.82 Å². The Hall–Kier alpha value is -3.58. The molecular formula is C23H18ClFN2O4. The quantitative estimate of drug-likeness (QED) is 0.452. The summed E-state index contributed by atoms with van der Waals surface area (Å²) in [5, 5.41) is 0.436. The van der Waals surface area contributed by atoms with Gasteiger partial charge in [0.1, 0.15) is 18.2 Å². The maximum Gasteiger partial charge on any atom is 0.320 e. The first-order chi connectivity index (χ1) is 15.1. The van der Waals surface area contributed by atoms with E-state index in [4.69, 9.17) is 21.1 Å². The molecule has 1 N–H and O–H groups in total. The van der Waals surface area contributed by atoms with Gasteiger partial charge in [0.15, 0.2) is 5.54 Å². The molecule has 3 aromatic carbocycles. The van der Waals surface area contributed by atoms with Crippen molar-refractivity contribution in [2.45, 2.75) is 5.54 Å². The number of aliphatic imine (C=N–C) groups is 1. The minimum atomic E-state index is -0.952. The van der Waals surface area contributed by atoms with Gasteiger partial charge in [-0.3, -0.25) is 4.79 Å². The number of rotatable bonds is 6. The molecule has 0 aromatic heterocycles. The molecule has 1 heterocycles. The standard InChI is InChI=1S/C23H18ClFN2O4/c1-29-19-8-5-16(6-9-19)23(13-30-22(26-23)27-31-14-28)17-4-2-3-15(11-17)20-12-18(24)7-10-21(20)25/h2-12,14H,13H2,1H3,(H,26,27). The summed E-state index contributed by atoms with van der Waals surface area (Å²) in [6.07, 6.45) is 0. The number of amidine groups is 1. The van der Waals surface area contributed by atoms with Crippen LogP contribution < -0.4 is 10.2 Å². The van der Waals surface area contributed by atoms with E-state index in [0.29, 0.717) is 21.9 Å². The SMILES string of the molecule is COc1ccc(C2(c3cccc(-c4cc(Cl)ccc4F)c3)COC(NOC=O)=N2)cc1. The van der Waals surface area contributed by atoms with E-state index in [1.165, 1.54) is 12.1 Å². The summed E-state index contributed by atoms with van der Waals surface area (Å²) in [5.41, 5.74) is 4.02. The van der Waals surface area contributed by atoms with E-state index in [9.17, 15) is 9.18 Å². The molecule has 1 aliphatic heterocycles. The average Bonchev–Trinajstić information content (AvgIpc) is 3.25. The van der Waals surface area contributed by atoms with Crippen molar-refractivity contribution in [1.82, 2.24) is 5.48 Å². The maximum absolute atomic E-state index is 14.5. The lowest BCUT2D eigenvalue weighted by Gasteiger charge is -2.26. The highest BCUT2D eigenvalue weighted by molar-refractivity contribution is 6.30. The summed E-state index contributed by atoms with van der Waals surface area (Å²) >= 11 is 6.08. The normalized spacial score (nSPS) is 17.5. The van der Waals surface area contributed by atoms with Gasteiger partial charge in [0, 0.05) is 10.6 Å². The van der Waals surface area contributed by atoms with Gasteiger partial charge in [0.2, 0.25) is 0 Å². The number of halogens is 2. The third-order valence-corrected chi connectivity index (χ3v) is 5.29. The average molecular weight is 441 g/mol. The van der Waals surface area contributed by atoms with Crippen LogP contribution >= 0.6 is 11.6 Å². The molecule has 0 aliphatic carbocycles. The summed E-state index contributed by atoms with van der Waals surface area (Å²) in [6, 6.07) is 19.2. The molecule has 0 saturated heterocycles. The number of hydroxylamine groups is 1. The van der Waals surface area contributed by atoms with Crippen molar-refractivity contribution in [3.8, 4) is 16.9 Å². The Balaban J connectivity index is 1.84. The first-order valence-electron chi connectivity index (χ1n) is 9.34. The third-order valence-electron chi connectivity index (χ3n) is 5.05. The Labute approximate surface area is 183 Å². The van der Waals surface area contributed by atoms with E-state index in [-0.39, 0.29) is 24.9 Å². The number of nitrogens with zero attached hydrogens (tertiary/aromatic N) is 1. The van der Waals surface area contributed by atoms with E-state index < -0.39 is 5.54 Å². The van der Waals surface area contributed by atoms with Crippen LogP contribution in [0.4, 0.5) is 4.39 Å². The van der Waals surface area contributed by atoms with Crippen molar-refractivity contribution in [3.05, 3.63) is 88.7 Å². The molecule has 0 spiro atoms. The van der Waals surface area contributed by atoms with Crippen molar-refractivity contribution < 1.29 is 23.5 Å². The molecule has 158 valence electrons. The Morgan fingerprint density at radius 3 is 2.68 bits per heavy atom. The second-order valence-electron chi connectivity index (χ2n) is 6.82. The highest BCUT2D eigenvalue weighted by Gasteiger charge is 2.41. The van der Waals surface area contributed by atoms with Gasteiger partial charge in [0.05, 0.1) is 7.11 Å². The molecule has 3 aromatic rings. The summed E-state index contributed by atoms with van der Waals surface area (Å²) in [4.78, 5) is 19.8. The molecular weight excluding hydrogens is 423 g/mol. The molecule has 0 saturated carbocycles. The maximum atomic E-state index is 14.5. The molecule has 1 atom stereocenters. The molecule has 1 aliphatic rings. The smallest absolute Gasteiger partial charge is 0.320 e. The number of methoxy groups -OCH3 is 1. The van der Waals surface area contributed by atoms with Crippen molar-refractivity contribution in [2.75, 3.05) is 13.7 Å². The Morgan fingerprint density at radius 2 is 1.94 bits per heavy atom. The molecule has 8 heteroatoms. The molecule has 31 heavy (non-hydrogen) atoms. The second-order valence-corrected chi connectivity index (χ2v) is 7.25. The van der Waals surface area contributed by atoms with E-state index >= 15 is 0 Å². The topological polar surface area (TPSA) is 69.2 Å². The predicted molar refractivity (Wildman–Crippen MR) is 114 cm³/mol. The molecule has 6 nitrogen and oxygen atoms in total. The van der Waals surface area contributed by atoms with Gasteiger partial charge in [-0.25, -0.2) is 9.38 Å². The van der Waals surface area contributed by atoms with E-state index in [1.54, 1.807) is 19.2 Å². The summed E-state index contributed by atoms with van der Waals surface area (Å²) in [7, 11) is 1.59. The molecule has 1 unspecified atom stereocenters. The minimum Gasteiger partial charge on any atom is -0.497 e. The van der Waals surface area contributed by atoms with E-state index in [1.807, 2.05) is 42.5 Å². The summed E-state index contributed by atoms with van der Waals surface area (Å²) in [5.74, 6) is 0.312. The zero-order chi connectivity index (χ0) is 21.8. The zero-order valence-corrected chi connectivity index (χ0v) is 17.2. The Kier molecular flexibility index (Phi) is 5.77. The van der Waals surface area contributed by atoms with Gasteiger partial charge in [-0.2, -0.15) is 5.48 Å². The number of nitrogens with one attached hydrogen (secondary N) is 1. The molecule has 0 fully saturated rings. The second kappa shape index (κ2) is 8.65. The van der Waals surface area contributed by atoms with Crippen LogP contribution in [0.5, 0.6) is 5.75 Å². The van der Waals surface area contributed by atoms with Gasteiger partial charge < -0.3 is 14.3 Å². The Morgan fingerprint density at radius 1 is 1.13 bits per heavy atom. The van der Waals surface area contributed by atoms with Crippen LogP contribution in [0.3, 0.4) is 0 Å². The first-order valence-corrected chi connectivity index (χ1v) is 9.72. The van der Waals surface area contributed by atoms with Crippen LogP contribution in [-0.4, -0.2) is 26.2 Å². The van der Waals surface area contributed by atoms with Crippen LogP contribution in [0.1, 0.15) is 11.1 Å². The van der Waals surface area contributed by atoms with Gasteiger partial charge >= 0.3 is 12.5 Å². The van der Waals surface area contributed by atoms with Gasteiger partial charge in [-0.15, -0.1) is 0 Å². The highest BCUT2D eigenvalue weighted by atomic mass is 35.5. The fourth-order valence-corrected chi connectivity index (χ4v) is 3.70. The Bertz CT molecular complexity index is 1140. The molecule has 0 bridgehead atoms. The van der Waals surface area contributed by atoms with Gasteiger partial charge in [-0.1, -0.05) is 41.9 Å². The number of benzene rings is 3. The summed E-state index contributed by atoms with van der Waals surface area (Å²) < 4.78 is 25.4. The monoisotopic (exact) mass is 440 g/mol. The number of hydrogen-bond acceptors (Lipinski definition) is 6. The third kappa shape index (κ3) is 4.04. The van der Waals surface area contributed by atoms with Crippen LogP contribution in [0.15, 0.2) is 71.7 Å². The zero-order valence-electron chi connectivity index (χ0n) is 16.5. The highest BCUT2D eigenvalue weighted by Crippen LogP contribution is 2.40. The largest absolute Gasteiger partial charge is 0.497 e. The predicted octanol–water partition coefficient (Wildman–Crippen LogP) is 4.46. The van der Waals surface area contributed by atoms with Crippen molar-refractivity contribution in [1.29, 1.82) is 0 Å². The molecule has 0 radical (unpaired) electrons. The van der Waals surface area contributed by atoms with Crippen molar-refractivity contribution >= 4 is 24.1 Å². The minimum absolute atomic E-state index is 0.0576. The van der Waals surface area contributed by atoms with Crippen molar-refractivity contribution in [3.63, 3.8) is 0 Å². The molecule has 0 amide bonds. The first kappa shape index (κ1) is 20.7. The van der Waals surface area contributed by atoms with E-state index in [0.717, 1.165) is 11.1 Å². The number of carbonyl (C=O) groups is 1. The fraction of sp³-hybridized carbons (Fsp3) is 0.130.